The monoisotopic (exact) mass is 618 g/mol. The van der Waals surface area contributed by atoms with E-state index in [4.69, 9.17) is 32.7 Å². The van der Waals surface area contributed by atoms with Gasteiger partial charge < -0.3 is 14.5 Å². The molecule has 3 aromatic carbocycles. The van der Waals surface area contributed by atoms with Crippen LogP contribution in [0.1, 0.15) is 11.4 Å². The summed E-state index contributed by atoms with van der Waals surface area (Å²) in [6, 6.07) is 22.1. The maximum absolute atomic E-state index is 6.16. The molecule has 0 bridgehead atoms. The van der Waals surface area contributed by atoms with Crippen LogP contribution in [0.3, 0.4) is 0 Å². The van der Waals surface area contributed by atoms with Gasteiger partial charge in [-0.1, -0.05) is 77.8 Å². The Hall–Kier alpha value is -2.42. The summed E-state index contributed by atoms with van der Waals surface area (Å²) in [5, 5.41) is 0.824. The van der Waals surface area contributed by atoms with Crippen molar-refractivity contribution in [1.82, 2.24) is 9.97 Å². The topological polar surface area (TPSA) is 47.1 Å². The lowest BCUT2D eigenvalue weighted by Gasteiger charge is -2.18. The minimum Gasteiger partial charge on any atom is -0.497 e. The Labute approximate surface area is 230 Å². The van der Waals surface area contributed by atoms with Crippen molar-refractivity contribution in [2.75, 3.05) is 14.2 Å². The van der Waals surface area contributed by atoms with Gasteiger partial charge >= 0.3 is 0 Å². The van der Waals surface area contributed by atoms with Gasteiger partial charge in [0.2, 0.25) is 6.71 Å². The molecular formula is C27H26BCl2IN2O2. The van der Waals surface area contributed by atoms with Crippen molar-refractivity contribution in [2.45, 2.75) is 12.7 Å². The molecule has 0 saturated heterocycles. The van der Waals surface area contributed by atoms with Crippen molar-refractivity contribution in [1.29, 1.82) is 0 Å². The molecule has 8 heteroatoms. The molecule has 4 nitrogen and oxygen atoms in total. The molecule has 0 spiro atoms. The predicted molar refractivity (Wildman–Crippen MR) is 156 cm³/mol. The Kier molecular flexibility index (Phi) is 11.0. The highest BCUT2D eigenvalue weighted by Crippen LogP contribution is 2.24. The van der Waals surface area contributed by atoms with Crippen molar-refractivity contribution < 1.29 is 9.47 Å². The molecule has 0 aliphatic carbocycles. The number of allylic oxidation sites excluding steroid dienone is 1. The Morgan fingerprint density at radius 2 is 1.57 bits per heavy atom. The Morgan fingerprint density at radius 3 is 2.11 bits per heavy atom. The van der Waals surface area contributed by atoms with Crippen LogP contribution in [0.4, 0.5) is 0 Å². The standard InChI is InChI=1S/C17H18BClO2.C10H8ClIN2/c1-20-16-10-5-3-8-14(16)18(12-7-13-19)15-9-4-6-11-17(15)21-2;11-10-7(2-1-3-8(10)12)6-9-13-4-5-14-9/h3-11,13H,12H2,1-2H3;1-5H,6H2,(H,13,14). The Bertz CT molecular complexity index is 1190. The average Bonchev–Trinajstić information content (AvgIpc) is 3.41. The first-order chi connectivity index (χ1) is 17.1. The Morgan fingerprint density at radius 1 is 0.943 bits per heavy atom. The van der Waals surface area contributed by atoms with Crippen molar-refractivity contribution in [3.8, 4) is 11.5 Å². The number of nitrogens with one attached hydrogen (secondary N) is 1. The van der Waals surface area contributed by atoms with Gasteiger partial charge in [0, 0.05) is 22.4 Å². The van der Waals surface area contributed by atoms with Crippen molar-refractivity contribution in [2.24, 2.45) is 0 Å². The largest absolute Gasteiger partial charge is 0.497 e. The minimum absolute atomic E-state index is 0.132. The molecule has 0 amide bonds. The SMILES string of the molecule is COc1ccccc1B(CC=CCl)c1ccccc1OC.Clc1c(I)cccc1Cc1ncc[nH]1. The Balaban J connectivity index is 0.000000211. The van der Waals surface area contributed by atoms with Crippen LogP contribution in [0.25, 0.3) is 0 Å². The number of nitrogens with zero attached hydrogens (tertiary/aromatic N) is 1. The van der Waals surface area contributed by atoms with E-state index in [-0.39, 0.29) is 6.71 Å². The summed E-state index contributed by atoms with van der Waals surface area (Å²) >= 11 is 14.1. The maximum atomic E-state index is 6.16. The molecule has 0 aliphatic rings. The van der Waals surface area contributed by atoms with Gasteiger partial charge in [-0.25, -0.2) is 4.98 Å². The van der Waals surface area contributed by atoms with Crippen molar-refractivity contribution >= 4 is 63.4 Å². The first kappa shape index (κ1) is 27.2. The van der Waals surface area contributed by atoms with Gasteiger partial charge in [0.05, 0.1) is 19.2 Å². The first-order valence-corrected chi connectivity index (χ1v) is 12.9. The smallest absolute Gasteiger partial charge is 0.222 e. The summed E-state index contributed by atoms with van der Waals surface area (Å²) in [7, 11) is 3.38. The van der Waals surface area contributed by atoms with E-state index in [0.717, 1.165) is 55.1 Å². The summed E-state index contributed by atoms with van der Waals surface area (Å²) < 4.78 is 12.1. The molecule has 0 radical (unpaired) electrons. The van der Waals surface area contributed by atoms with Crippen molar-refractivity contribution in [3.05, 3.63) is 111 Å². The highest BCUT2D eigenvalue weighted by molar-refractivity contribution is 14.1. The fourth-order valence-electron chi connectivity index (χ4n) is 3.78. The second-order valence-corrected chi connectivity index (χ2v) is 9.35. The number of hydrogen-bond donors (Lipinski definition) is 1. The molecule has 4 aromatic rings. The third-order valence-electron chi connectivity index (χ3n) is 5.43. The van der Waals surface area contributed by atoms with E-state index in [1.807, 2.05) is 66.9 Å². The van der Waals surface area contributed by atoms with Gasteiger partial charge in [0.25, 0.3) is 0 Å². The number of ether oxygens (including phenoxy) is 2. The molecule has 0 aliphatic heterocycles. The summed E-state index contributed by atoms with van der Waals surface area (Å²) in [5.74, 6) is 2.68. The first-order valence-electron chi connectivity index (χ1n) is 11.0. The fourth-order valence-corrected chi connectivity index (χ4v) is 4.63. The lowest BCUT2D eigenvalue weighted by molar-refractivity contribution is 0.417. The molecule has 0 unspecified atom stereocenters. The highest BCUT2D eigenvalue weighted by atomic mass is 127. The number of rotatable bonds is 8. The summed E-state index contributed by atoms with van der Waals surface area (Å²) in [4.78, 5) is 7.23. The molecule has 1 aromatic heterocycles. The van der Waals surface area contributed by atoms with Crippen LogP contribution >= 0.6 is 45.8 Å². The number of methoxy groups -OCH3 is 2. The van der Waals surface area contributed by atoms with Gasteiger partial charge in [0.15, 0.2) is 0 Å². The zero-order chi connectivity index (χ0) is 25.0. The molecule has 35 heavy (non-hydrogen) atoms. The van der Waals surface area contributed by atoms with Gasteiger partial charge in [-0.15, -0.1) is 0 Å². The third-order valence-corrected chi connectivity index (χ3v) is 7.28. The lowest BCUT2D eigenvalue weighted by Crippen LogP contribution is -2.42. The van der Waals surface area contributed by atoms with E-state index in [0.29, 0.717) is 0 Å². The van der Waals surface area contributed by atoms with Crippen LogP contribution in [0, 0.1) is 3.57 Å². The van der Waals surface area contributed by atoms with Crippen LogP contribution in [0.2, 0.25) is 11.3 Å². The second kappa shape index (κ2) is 14.2. The average molecular weight is 619 g/mol. The van der Waals surface area contributed by atoms with Gasteiger partial charge in [0.1, 0.15) is 17.3 Å². The molecule has 0 saturated carbocycles. The molecule has 180 valence electrons. The lowest BCUT2D eigenvalue weighted by atomic mass is 9.38. The number of aromatic nitrogens is 2. The zero-order valence-corrected chi connectivity index (χ0v) is 23.2. The number of imidazole rings is 1. The molecule has 1 N–H and O–H groups in total. The van der Waals surface area contributed by atoms with E-state index in [2.05, 4.69) is 44.7 Å². The van der Waals surface area contributed by atoms with Crippen LogP contribution in [-0.2, 0) is 6.42 Å². The normalized spacial score (nSPS) is 10.5. The van der Waals surface area contributed by atoms with E-state index in [1.165, 1.54) is 0 Å². The van der Waals surface area contributed by atoms with Gasteiger partial charge in [-0.2, -0.15) is 0 Å². The van der Waals surface area contributed by atoms with Gasteiger partial charge in [-0.3, -0.25) is 0 Å². The number of H-pyrrole nitrogens is 1. The van der Waals surface area contributed by atoms with Gasteiger partial charge in [-0.05, 0) is 69.1 Å². The number of para-hydroxylation sites is 2. The number of halogens is 3. The zero-order valence-electron chi connectivity index (χ0n) is 19.5. The van der Waals surface area contributed by atoms with Crippen molar-refractivity contribution in [3.63, 3.8) is 0 Å². The quantitative estimate of drug-likeness (QED) is 0.186. The minimum atomic E-state index is 0.132. The molecular weight excluding hydrogens is 593 g/mol. The molecule has 0 atom stereocenters. The number of aromatic amines is 1. The molecule has 4 rings (SSSR count). The van der Waals surface area contributed by atoms with E-state index in [1.54, 1.807) is 26.0 Å². The summed E-state index contributed by atoms with van der Waals surface area (Å²) in [6.45, 7) is 0.132. The van der Waals surface area contributed by atoms with Crippen LogP contribution in [-0.4, -0.2) is 30.9 Å². The molecule has 1 heterocycles. The van der Waals surface area contributed by atoms with Crippen LogP contribution in [0.5, 0.6) is 11.5 Å². The second-order valence-electron chi connectivity index (χ2n) is 7.56. The maximum Gasteiger partial charge on any atom is 0.222 e. The molecule has 0 fully saturated rings. The summed E-state index contributed by atoms with van der Waals surface area (Å²) in [5.41, 5.74) is 4.91. The number of hydrogen-bond acceptors (Lipinski definition) is 3. The number of benzene rings is 3. The predicted octanol–water partition coefficient (Wildman–Crippen LogP) is 6.32. The highest BCUT2D eigenvalue weighted by Gasteiger charge is 2.24. The van der Waals surface area contributed by atoms with E-state index >= 15 is 0 Å². The van der Waals surface area contributed by atoms with E-state index in [9.17, 15) is 0 Å². The third kappa shape index (κ3) is 7.53. The van der Waals surface area contributed by atoms with Crippen LogP contribution in [0.15, 0.2) is 90.7 Å². The summed E-state index contributed by atoms with van der Waals surface area (Å²) in [6.07, 6.45) is 7.05. The fraction of sp³-hybridized carbons (Fsp3) is 0.148. The van der Waals surface area contributed by atoms with Crippen LogP contribution < -0.4 is 20.4 Å². The van der Waals surface area contributed by atoms with E-state index < -0.39 is 0 Å².